The summed E-state index contributed by atoms with van der Waals surface area (Å²) in [6.07, 6.45) is 4.55. The van der Waals surface area contributed by atoms with Crippen molar-refractivity contribution in [1.82, 2.24) is 10.3 Å². The first-order valence-electron chi connectivity index (χ1n) is 8.51. The largest absolute Gasteiger partial charge is 0.459 e. The number of hydrogen-bond acceptors (Lipinski definition) is 5. The monoisotopic (exact) mass is 437 g/mol. The number of aromatic nitrogens is 1. The molecule has 0 aliphatic carbocycles. The minimum Gasteiger partial charge on any atom is -0.459 e. The third-order valence-corrected chi connectivity index (χ3v) is 5.29. The van der Waals surface area contributed by atoms with E-state index in [1.165, 1.54) is 17.6 Å². The predicted octanol–water partition coefficient (Wildman–Crippen LogP) is 4.78. The predicted molar refractivity (Wildman–Crippen MR) is 110 cm³/mol. The van der Waals surface area contributed by atoms with Crippen molar-refractivity contribution in [3.8, 4) is 0 Å². The van der Waals surface area contributed by atoms with E-state index in [1.807, 2.05) is 6.07 Å². The zero-order valence-corrected chi connectivity index (χ0v) is 17.0. The second-order valence-corrected chi connectivity index (χ2v) is 7.89. The summed E-state index contributed by atoms with van der Waals surface area (Å²) in [6.45, 7) is 0.380. The Bertz CT molecular complexity index is 957. The van der Waals surface area contributed by atoms with Gasteiger partial charge in [0, 0.05) is 40.5 Å². The van der Waals surface area contributed by atoms with Crippen LogP contribution in [0.15, 0.2) is 47.2 Å². The van der Waals surface area contributed by atoms with E-state index < -0.39 is 0 Å². The molecule has 0 fully saturated rings. The number of anilines is 1. The molecular weight excluding hydrogens is 421 g/mol. The van der Waals surface area contributed by atoms with Crippen molar-refractivity contribution in [2.24, 2.45) is 0 Å². The lowest BCUT2D eigenvalue weighted by molar-refractivity contribution is -0.116. The number of rotatable bonds is 8. The molecule has 0 atom stereocenters. The van der Waals surface area contributed by atoms with Crippen LogP contribution in [0, 0.1) is 0 Å². The topological polar surface area (TPSA) is 84.2 Å². The second kappa shape index (κ2) is 9.73. The van der Waals surface area contributed by atoms with Gasteiger partial charge in [0.25, 0.3) is 5.91 Å². The Morgan fingerprint density at radius 2 is 2.07 bits per heavy atom. The van der Waals surface area contributed by atoms with E-state index in [-0.39, 0.29) is 24.0 Å². The zero-order valence-electron chi connectivity index (χ0n) is 14.7. The van der Waals surface area contributed by atoms with Gasteiger partial charge in [-0.2, -0.15) is 0 Å². The van der Waals surface area contributed by atoms with Crippen LogP contribution in [0.1, 0.15) is 33.8 Å². The van der Waals surface area contributed by atoms with Crippen LogP contribution in [0.5, 0.6) is 0 Å². The highest BCUT2D eigenvalue weighted by atomic mass is 35.5. The zero-order chi connectivity index (χ0) is 19.9. The number of amides is 2. The maximum Gasteiger partial charge on any atom is 0.286 e. The molecule has 0 saturated carbocycles. The summed E-state index contributed by atoms with van der Waals surface area (Å²) < 4.78 is 5.00. The summed E-state index contributed by atoms with van der Waals surface area (Å²) in [6, 6.07) is 8.59. The van der Waals surface area contributed by atoms with Crippen LogP contribution < -0.4 is 10.6 Å². The quantitative estimate of drug-likeness (QED) is 0.496. The summed E-state index contributed by atoms with van der Waals surface area (Å²) in [5.74, 6) is -0.200. The van der Waals surface area contributed by atoms with Crippen LogP contribution >= 0.6 is 34.5 Å². The van der Waals surface area contributed by atoms with E-state index >= 15 is 0 Å². The number of nitrogens with zero attached hydrogens (tertiary/aromatic N) is 1. The van der Waals surface area contributed by atoms with Crippen LogP contribution in [-0.4, -0.2) is 23.3 Å². The van der Waals surface area contributed by atoms with Crippen LogP contribution in [-0.2, 0) is 11.2 Å². The van der Waals surface area contributed by atoms with Gasteiger partial charge in [-0.25, -0.2) is 4.98 Å². The molecule has 1 aromatic carbocycles. The summed E-state index contributed by atoms with van der Waals surface area (Å²) >= 11 is 13.5. The van der Waals surface area contributed by atoms with E-state index in [1.54, 1.807) is 30.5 Å². The summed E-state index contributed by atoms with van der Waals surface area (Å²) in [5, 5.41) is 7.19. The summed E-state index contributed by atoms with van der Waals surface area (Å²) in [5.41, 5.74) is 0.944. The minimum absolute atomic E-state index is 0.155. The van der Waals surface area contributed by atoms with E-state index in [9.17, 15) is 9.59 Å². The summed E-state index contributed by atoms with van der Waals surface area (Å²) in [7, 11) is 0. The molecule has 3 aromatic rings. The normalized spacial score (nSPS) is 10.6. The summed E-state index contributed by atoms with van der Waals surface area (Å²) in [4.78, 5) is 28.9. The fraction of sp³-hybridized carbons (Fsp3) is 0.211. The number of carbonyl (C=O) groups excluding carboxylic acids is 2. The third-order valence-electron chi connectivity index (χ3n) is 3.79. The molecule has 2 N–H and O–H groups in total. The lowest BCUT2D eigenvalue weighted by Crippen LogP contribution is -2.25. The molecule has 0 saturated heterocycles. The van der Waals surface area contributed by atoms with Crippen molar-refractivity contribution in [2.45, 2.75) is 19.3 Å². The maximum absolute atomic E-state index is 12.0. The van der Waals surface area contributed by atoms with Crippen LogP contribution in [0.4, 0.5) is 5.13 Å². The fourth-order valence-electron chi connectivity index (χ4n) is 2.43. The minimum atomic E-state index is -0.296. The molecule has 0 bridgehead atoms. The third kappa shape index (κ3) is 5.82. The molecule has 9 heteroatoms. The number of benzene rings is 1. The number of thiazole rings is 1. The molecule has 0 spiro atoms. The Balaban J connectivity index is 1.41. The smallest absolute Gasteiger partial charge is 0.286 e. The first-order chi connectivity index (χ1) is 13.5. The van der Waals surface area contributed by atoms with Gasteiger partial charge in [0.15, 0.2) is 10.9 Å². The van der Waals surface area contributed by atoms with E-state index in [0.717, 1.165) is 10.4 Å². The van der Waals surface area contributed by atoms with Gasteiger partial charge in [-0.1, -0.05) is 29.3 Å². The van der Waals surface area contributed by atoms with Gasteiger partial charge in [-0.05, 0) is 36.2 Å². The fourth-order valence-corrected chi connectivity index (χ4v) is 3.75. The van der Waals surface area contributed by atoms with Crippen LogP contribution in [0.3, 0.4) is 0 Å². The second-order valence-electron chi connectivity index (χ2n) is 5.93. The molecule has 2 heterocycles. The molecule has 0 unspecified atom stereocenters. The highest BCUT2D eigenvalue weighted by Crippen LogP contribution is 2.26. The Morgan fingerprint density at radius 1 is 1.21 bits per heavy atom. The first-order valence-corrected chi connectivity index (χ1v) is 10.1. The molecule has 2 aromatic heterocycles. The van der Waals surface area contributed by atoms with Gasteiger partial charge in [-0.3, -0.25) is 9.59 Å². The maximum atomic E-state index is 12.0. The highest BCUT2D eigenvalue weighted by Gasteiger charge is 2.10. The molecular formula is C19H17Cl2N3O3S. The number of carbonyl (C=O) groups is 2. The number of nitrogens with one attached hydrogen (secondary N) is 2. The van der Waals surface area contributed by atoms with Crippen molar-refractivity contribution in [2.75, 3.05) is 11.9 Å². The van der Waals surface area contributed by atoms with E-state index in [0.29, 0.717) is 34.6 Å². The molecule has 0 radical (unpaired) electrons. The average molecular weight is 438 g/mol. The molecule has 28 heavy (non-hydrogen) atoms. The molecule has 2 amide bonds. The van der Waals surface area contributed by atoms with Gasteiger partial charge < -0.3 is 15.1 Å². The Morgan fingerprint density at radius 3 is 2.82 bits per heavy atom. The van der Waals surface area contributed by atoms with Crippen molar-refractivity contribution < 1.29 is 14.0 Å². The SMILES string of the molecule is O=C(CCCNC(=O)c1ccco1)Nc1ncc(Cc2ccc(Cl)cc2Cl)s1. The Kier molecular flexibility index (Phi) is 7.08. The van der Waals surface area contributed by atoms with Gasteiger partial charge in [0.1, 0.15) is 0 Å². The standard InChI is InChI=1S/C19H17Cl2N3O3S/c20-13-6-5-12(15(21)10-13)9-14-11-23-19(28-14)24-17(25)4-1-7-22-18(26)16-3-2-8-27-16/h2-3,5-6,8,10-11H,1,4,7,9H2,(H,22,26)(H,23,24,25). The van der Waals surface area contributed by atoms with Gasteiger partial charge >= 0.3 is 0 Å². The van der Waals surface area contributed by atoms with Crippen molar-refractivity contribution in [3.63, 3.8) is 0 Å². The number of halogens is 2. The van der Waals surface area contributed by atoms with Gasteiger partial charge in [0.2, 0.25) is 5.91 Å². The van der Waals surface area contributed by atoms with Crippen molar-refractivity contribution in [3.05, 3.63) is 69.0 Å². The molecule has 6 nitrogen and oxygen atoms in total. The highest BCUT2D eigenvalue weighted by molar-refractivity contribution is 7.15. The van der Waals surface area contributed by atoms with Gasteiger partial charge in [-0.15, -0.1) is 11.3 Å². The van der Waals surface area contributed by atoms with Crippen LogP contribution in [0.2, 0.25) is 10.0 Å². The average Bonchev–Trinajstić information content (AvgIpc) is 3.33. The molecule has 0 aliphatic heterocycles. The first kappa shape index (κ1) is 20.4. The lowest BCUT2D eigenvalue weighted by atomic mass is 10.1. The molecule has 146 valence electrons. The van der Waals surface area contributed by atoms with Crippen LogP contribution in [0.25, 0.3) is 0 Å². The number of furan rings is 1. The van der Waals surface area contributed by atoms with Crippen molar-refractivity contribution in [1.29, 1.82) is 0 Å². The van der Waals surface area contributed by atoms with Crippen molar-refractivity contribution >= 4 is 51.5 Å². The van der Waals surface area contributed by atoms with Gasteiger partial charge in [0.05, 0.1) is 6.26 Å². The Labute approximate surface area is 175 Å². The molecule has 0 aliphatic rings. The van der Waals surface area contributed by atoms with E-state index in [2.05, 4.69) is 15.6 Å². The number of hydrogen-bond donors (Lipinski definition) is 2. The Hall–Kier alpha value is -2.35. The lowest BCUT2D eigenvalue weighted by Gasteiger charge is -2.04. The molecule has 3 rings (SSSR count). The van der Waals surface area contributed by atoms with E-state index in [4.69, 9.17) is 27.6 Å².